The molecular weight excluding hydrogens is 248 g/mol. The Hall–Kier alpha value is -2.04. The van der Waals surface area contributed by atoms with Crippen molar-refractivity contribution in [2.45, 2.75) is 26.7 Å². The highest BCUT2D eigenvalue weighted by Gasteiger charge is 2.24. The summed E-state index contributed by atoms with van der Waals surface area (Å²) in [6.45, 7) is 4.36. The lowest BCUT2D eigenvalue weighted by molar-refractivity contribution is 0.0174. The van der Waals surface area contributed by atoms with E-state index in [-0.39, 0.29) is 11.4 Å². The molecule has 0 aliphatic carbocycles. The molecule has 0 radical (unpaired) electrons. The fraction of sp³-hybridized carbons (Fsp3) is 0.286. The number of hydrogen-bond acceptors (Lipinski definition) is 3. The molecule has 104 valence electrons. The lowest BCUT2D eigenvalue weighted by Crippen LogP contribution is -2.10. The molecule has 0 aromatic heterocycles. The molecule has 1 aromatic carbocycles. The van der Waals surface area contributed by atoms with E-state index in [9.17, 15) is 8.78 Å². The normalized spacial score (nSPS) is 12.9. The number of hydrogen-bond donors (Lipinski definition) is 3. The average Bonchev–Trinajstić information content (AvgIpc) is 2.25. The lowest BCUT2D eigenvalue weighted by Gasteiger charge is -2.14. The zero-order chi connectivity index (χ0) is 14.8. The minimum Gasteiger partial charge on any atom is -0.398 e. The van der Waals surface area contributed by atoms with Gasteiger partial charge < -0.3 is 17.2 Å². The second-order valence-corrected chi connectivity index (χ2v) is 4.66. The second kappa shape index (κ2) is 5.30. The molecule has 3 nitrogen and oxygen atoms in total. The summed E-state index contributed by atoms with van der Waals surface area (Å²) in [6.07, 6.45) is 1.54. The Labute approximate surface area is 111 Å². The number of aryl methyl sites for hydroxylation is 1. The van der Waals surface area contributed by atoms with Crippen LogP contribution in [0.3, 0.4) is 0 Å². The molecule has 5 heteroatoms. The molecule has 19 heavy (non-hydrogen) atoms. The number of rotatable bonds is 3. The number of nitrogens with two attached hydrogens (primary N) is 3. The first-order valence-electron chi connectivity index (χ1n) is 5.81. The van der Waals surface area contributed by atoms with Crippen molar-refractivity contribution in [2.24, 2.45) is 17.2 Å². The van der Waals surface area contributed by atoms with Gasteiger partial charge in [0, 0.05) is 23.7 Å². The molecule has 0 bridgehead atoms. The maximum atomic E-state index is 13.2. The van der Waals surface area contributed by atoms with Crippen molar-refractivity contribution in [2.75, 3.05) is 0 Å². The van der Waals surface area contributed by atoms with Crippen LogP contribution in [0.5, 0.6) is 0 Å². The van der Waals surface area contributed by atoms with E-state index in [4.69, 9.17) is 17.2 Å². The molecule has 1 rings (SSSR count). The van der Waals surface area contributed by atoms with Gasteiger partial charge in [0.15, 0.2) is 0 Å². The van der Waals surface area contributed by atoms with E-state index in [2.05, 4.69) is 0 Å². The van der Waals surface area contributed by atoms with Crippen LogP contribution in [0.1, 0.15) is 30.5 Å². The average molecular weight is 267 g/mol. The van der Waals surface area contributed by atoms with E-state index < -0.39 is 5.92 Å². The fourth-order valence-electron chi connectivity index (χ4n) is 1.78. The molecule has 1 aromatic rings. The first kappa shape index (κ1) is 15.0. The van der Waals surface area contributed by atoms with E-state index >= 15 is 0 Å². The quantitative estimate of drug-likeness (QED) is 0.736. The lowest BCUT2D eigenvalue weighted by atomic mass is 9.98. The third-order valence-corrected chi connectivity index (χ3v) is 2.83. The summed E-state index contributed by atoms with van der Waals surface area (Å²) >= 11 is 0. The van der Waals surface area contributed by atoms with Crippen molar-refractivity contribution in [3.8, 4) is 0 Å². The standard InChI is InChI=1S/C14H19F2N3/c1-8-6-10(14(3,15)16)4-5-11(8)13(19)9(2)7-12(17)18/h4-7H,17-19H2,1-3H3/b13-9-. The molecule has 0 atom stereocenters. The van der Waals surface area contributed by atoms with Gasteiger partial charge in [0.2, 0.25) is 0 Å². The first-order valence-corrected chi connectivity index (χ1v) is 5.81. The molecule has 0 heterocycles. The van der Waals surface area contributed by atoms with Crippen LogP contribution in [0.15, 0.2) is 35.7 Å². The molecule has 0 saturated carbocycles. The molecule has 0 aliphatic heterocycles. The van der Waals surface area contributed by atoms with Crippen molar-refractivity contribution in [1.29, 1.82) is 0 Å². The minimum absolute atomic E-state index is 0.0342. The van der Waals surface area contributed by atoms with Gasteiger partial charge in [-0.05, 0) is 37.1 Å². The van der Waals surface area contributed by atoms with Crippen LogP contribution in [0, 0.1) is 6.92 Å². The molecule has 0 aliphatic rings. The second-order valence-electron chi connectivity index (χ2n) is 4.66. The van der Waals surface area contributed by atoms with Gasteiger partial charge in [0.25, 0.3) is 5.92 Å². The highest BCUT2D eigenvalue weighted by molar-refractivity contribution is 5.70. The van der Waals surface area contributed by atoms with Gasteiger partial charge in [0.05, 0.1) is 5.82 Å². The third-order valence-electron chi connectivity index (χ3n) is 2.83. The van der Waals surface area contributed by atoms with Crippen LogP contribution < -0.4 is 17.2 Å². The Kier molecular flexibility index (Phi) is 4.19. The predicted octanol–water partition coefficient (Wildman–Crippen LogP) is 2.56. The van der Waals surface area contributed by atoms with E-state index in [0.717, 1.165) is 6.92 Å². The Bertz CT molecular complexity index is 536. The summed E-state index contributed by atoms with van der Waals surface area (Å²) in [5.74, 6) is -2.71. The summed E-state index contributed by atoms with van der Waals surface area (Å²) in [4.78, 5) is 0. The van der Waals surface area contributed by atoms with Crippen molar-refractivity contribution >= 4 is 5.70 Å². The highest BCUT2D eigenvalue weighted by Crippen LogP contribution is 2.29. The molecule has 6 N–H and O–H groups in total. The smallest absolute Gasteiger partial charge is 0.270 e. The van der Waals surface area contributed by atoms with Gasteiger partial charge in [-0.3, -0.25) is 0 Å². The molecule has 0 amide bonds. The van der Waals surface area contributed by atoms with Gasteiger partial charge in [-0.2, -0.15) is 0 Å². The van der Waals surface area contributed by atoms with E-state index in [1.54, 1.807) is 19.9 Å². The van der Waals surface area contributed by atoms with Crippen LogP contribution in [0.25, 0.3) is 5.70 Å². The predicted molar refractivity (Wildman–Crippen MR) is 74.0 cm³/mol. The van der Waals surface area contributed by atoms with Crippen LogP contribution in [-0.2, 0) is 5.92 Å². The highest BCUT2D eigenvalue weighted by atomic mass is 19.3. The summed E-state index contributed by atoms with van der Waals surface area (Å²) in [7, 11) is 0. The first-order chi connectivity index (χ1) is 8.62. The van der Waals surface area contributed by atoms with E-state index in [0.29, 0.717) is 22.4 Å². The topological polar surface area (TPSA) is 78.1 Å². The van der Waals surface area contributed by atoms with Crippen molar-refractivity contribution in [1.82, 2.24) is 0 Å². The summed E-state index contributed by atoms with van der Waals surface area (Å²) in [5, 5.41) is 0. The maximum Gasteiger partial charge on any atom is 0.270 e. The third kappa shape index (κ3) is 3.71. The van der Waals surface area contributed by atoms with Crippen molar-refractivity contribution in [3.05, 3.63) is 52.4 Å². The Balaban J connectivity index is 3.28. The Morgan fingerprint density at radius 3 is 2.21 bits per heavy atom. The van der Waals surface area contributed by atoms with Gasteiger partial charge in [-0.1, -0.05) is 12.1 Å². The van der Waals surface area contributed by atoms with Gasteiger partial charge in [-0.15, -0.1) is 0 Å². The summed E-state index contributed by atoms with van der Waals surface area (Å²) in [5.41, 5.74) is 19.2. The summed E-state index contributed by atoms with van der Waals surface area (Å²) < 4.78 is 26.4. The number of halogens is 2. The minimum atomic E-state index is -2.86. The van der Waals surface area contributed by atoms with Crippen LogP contribution >= 0.6 is 0 Å². The Morgan fingerprint density at radius 2 is 1.79 bits per heavy atom. The maximum absolute atomic E-state index is 13.2. The van der Waals surface area contributed by atoms with Crippen molar-refractivity contribution < 1.29 is 8.78 Å². The zero-order valence-corrected chi connectivity index (χ0v) is 11.3. The van der Waals surface area contributed by atoms with Gasteiger partial charge in [0.1, 0.15) is 0 Å². The van der Waals surface area contributed by atoms with E-state index in [1.807, 2.05) is 0 Å². The number of benzene rings is 1. The SMILES string of the molecule is C/C(C=C(N)N)=C(/N)c1ccc(C(C)(F)F)cc1C. The van der Waals surface area contributed by atoms with Gasteiger partial charge in [-0.25, -0.2) is 8.78 Å². The molecular formula is C14H19F2N3. The molecule has 0 saturated heterocycles. The van der Waals surface area contributed by atoms with E-state index in [1.165, 1.54) is 18.2 Å². The zero-order valence-electron chi connectivity index (χ0n) is 11.3. The van der Waals surface area contributed by atoms with Gasteiger partial charge >= 0.3 is 0 Å². The van der Waals surface area contributed by atoms with Crippen molar-refractivity contribution in [3.63, 3.8) is 0 Å². The van der Waals surface area contributed by atoms with Crippen LogP contribution in [-0.4, -0.2) is 0 Å². The largest absolute Gasteiger partial charge is 0.398 e. The summed E-state index contributed by atoms with van der Waals surface area (Å²) in [6, 6.07) is 4.39. The molecule has 0 unspecified atom stereocenters. The number of alkyl halides is 2. The monoisotopic (exact) mass is 267 g/mol. The molecule has 0 fully saturated rings. The van der Waals surface area contributed by atoms with Crippen LogP contribution in [0.2, 0.25) is 0 Å². The molecule has 0 spiro atoms. The number of allylic oxidation sites excluding steroid dienone is 2. The Morgan fingerprint density at radius 1 is 1.21 bits per heavy atom. The van der Waals surface area contributed by atoms with Crippen LogP contribution in [0.4, 0.5) is 8.78 Å². The fourth-order valence-corrected chi connectivity index (χ4v) is 1.78.